The van der Waals surface area contributed by atoms with Crippen molar-refractivity contribution in [1.82, 2.24) is 5.32 Å². The van der Waals surface area contributed by atoms with Crippen LogP contribution in [0.3, 0.4) is 0 Å². The molecule has 3 rings (SSSR count). The first-order chi connectivity index (χ1) is 14.1. The lowest BCUT2D eigenvalue weighted by atomic mass is 9.75. The summed E-state index contributed by atoms with van der Waals surface area (Å²) in [4.78, 5) is 12.4. The van der Waals surface area contributed by atoms with Crippen molar-refractivity contribution in [2.75, 3.05) is 19.8 Å². The van der Waals surface area contributed by atoms with Crippen molar-refractivity contribution < 1.29 is 19.0 Å². The molecule has 0 radical (unpaired) electrons. The van der Waals surface area contributed by atoms with Gasteiger partial charge in [0.25, 0.3) is 5.91 Å². The molecule has 0 spiro atoms. The third-order valence-corrected chi connectivity index (χ3v) is 6.04. The summed E-state index contributed by atoms with van der Waals surface area (Å²) >= 11 is 0. The van der Waals surface area contributed by atoms with Gasteiger partial charge in [0, 0.05) is 12.0 Å². The molecule has 1 heterocycles. The Kier molecular flexibility index (Phi) is 7.91. The molecule has 1 aromatic carbocycles. The van der Waals surface area contributed by atoms with E-state index in [1.807, 2.05) is 0 Å². The van der Waals surface area contributed by atoms with Gasteiger partial charge in [-0.05, 0) is 56.9 Å². The molecule has 29 heavy (non-hydrogen) atoms. The lowest BCUT2D eigenvalue weighted by molar-refractivity contribution is -0.143. The normalized spacial score (nSPS) is 20.4. The van der Waals surface area contributed by atoms with Crippen LogP contribution in [-0.4, -0.2) is 38.1 Å². The van der Waals surface area contributed by atoms with Crippen molar-refractivity contribution in [3.63, 3.8) is 0 Å². The summed E-state index contributed by atoms with van der Waals surface area (Å²) in [5.41, 5.74) is 0.652. The van der Waals surface area contributed by atoms with Gasteiger partial charge in [-0.25, -0.2) is 0 Å². The van der Waals surface area contributed by atoms with Crippen molar-refractivity contribution in [3.8, 4) is 11.8 Å². The van der Waals surface area contributed by atoms with Crippen LogP contribution < -0.4 is 10.1 Å². The molecule has 1 aromatic rings. The predicted molar refractivity (Wildman–Crippen MR) is 109 cm³/mol. The molecule has 1 N–H and O–H groups in total. The molecule has 6 heteroatoms. The Hall–Kier alpha value is -2.10. The van der Waals surface area contributed by atoms with Gasteiger partial charge in [-0.3, -0.25) is 4.79 Å². The van der Waals surface area contributed by atoms with Gasteiger partial charge in [0.05, 0.1) is 24.8 Å². The monoisotopic (exact) mass is 400 g/mol. The Bertz CT molecular complexity index is 684. The van der Waals surface area contributed by atoms with Crippen molar-refractivity contribution in [3.05, 3.63) is 29.8 Å². The number of nitrogens with one attached hydrogen (secondary N) is 1. The number of benzene rings is 1. The Morgan fingerprint density at radius 2 is 1.86 bits per heavy atom. The fraction of sp³-hybridized carbons (Fsp3) is 0.652. The summed E-state index contributed by atoms with van der Waals surface area (Å²) in [6.07, 6.45) is 8.54. The number of amides is 1. The maximum atomic E-state index is 12.4. The van der Waals surface area contributed by atoms with Crippen LogP contribution in [0.15, 0.2) is 24.3 Å². The lowest BCUT2D eigenvalue weighted by Gasteiger charge is -2.37. The molecule has 158 valence electrons. The van der Waals surface area contributed by atoms with Gasteiger partial charge in [-0.1, -0.05) is 25.7 Å². The van der Waals surface area contributed by atoms with Crippen molar-refractivity contribution in [1.29, 1.82) is 5.26 Å². The summed E-state index contributed by atoms with van der Waals surface area (Å²) < 4.78 is 17.5. The Balaban J connectivity index is 1.44. The number of ether oxygens (including phenoxy) is 3. The first kappa shape index (κ1) is 21.6. The van der Waals surface area contributed by atoms with E-state index in [1.165, 1.54) is 25.7 Å². The van der Waals surface area contributed by atoms with Crippen LogP contribution in [0.5, 0.6) is 5.75 Å². The molecule has 1 aliphatic heterocycles. The maximum Gasteiger partial charge on any atom is 0.260 e. The zero-order valence-electron chi connectivity index (χ0n) is 17.3. The largest absolute Gasteiger partial charge is 0.481 e. The molecule has 6 nitrogen and oxygen atoms in total. The number of carbonyl (C=O) groups excluding carboxylic acids is 1. The quantitative estimate of drug-likeness (QED) is 0.528. The van der Waals surface area contributed by atoms with E-state index in [0.717, 1.165) is 25.7 Å². The molecule has 0 aromatic heterocycles. The van der Waals surface area contributed by atoms with Gasteiger partial charge in [0.15, 0.2) is 12.4 Å². The van der Waals surface area contributed by atoms with E-state index in [0.29, 0.717) is 31.1 Å². The average molecular weight is 401 g/mol. The molecule has 1 amide bonds. The van der Waals surface area contributed by atoms with Gasteiger partial charge in [-0.15, -0.1) is 0 Å². The van der Waals surface area contributed by atoms with Crippen LogP contribution in [-0.2, 0) is 14.3 Å². The number of carbonyl (C=O) groups is 1. The third kappa shape index (κ3) is 5.94. The average Bonchev–Trinajstić information content (AvgIpc) is 3.19. The van der Waals surface area contributed by atoms with Crippen LogP contribution in [0.25, 0.3) is 0 Å². The molecule has 2 aliphatic rings. The first-order valence-corrected chi connectivity index (χ1v) is 10.8. The highest BCUT2D eigenvalue weighted by Crippen LogP contribution is 2.44. The molecule has 0 unspecified atom stereocenters. The fourth-order valence-electron chi connectivity index (χ4n) is 4.41. The molecule has 0 bridgehead atoms. The number of nitriles is 1. The summed E-state index contributed by atoms with van der Waals surface area (Å²) in [7, 11) is 0. The highest BCUT2D eigenvalue weighted by atomic mass is 16.7. The van der Waals surface area contributed by atoms with Gasteiger partial charge < -0.3 is 19.5 Å². The number of rotatable bonds is 8. The van der Waals surface area contributed by atoms with E-state index < -0.39 is 6.10 Å². The minimum atomic E-state index is -0.587. The lowest BCUT2D eigenvalue weighted by Crippen LogP contribution is -2.39. The second-order valence-electron chi connectivity index (χ2n) is 8.14. The van der Waals surface area contributed by atoms with Crippen molar-refractivity contribution >= 4 is 5.91 Å². The molecule has 1 atom stereocenters. The number of nitrogens with zero attached hydrogens (tertiary/aromatic N) is 1. The highest BCUT2D eigenvalue weighted by molar-refractivity contribution is 5.80. The summed E-state index contributed by atoms with van der Waals surface area (Å²) in [6.45, 7) is 3.73. The van der Waals surface area contributed by atoms with E-state index in [4.69, 9.17) is 19.5 Å². The summed E-state index contributed by atoms with van der Waals surface area (Å²) in [5.74, 6) is 0.456. The zero-order chi connectivity index (χ0) is 20.5. The minimum Gasteiger partial charge on any atom is -0.481 e. The number of hydrogen-bond acceptors (Lipinski definition) is 5. The van der Waals surface area contributed by atoms with Crippen LogP contribution in [0.1, 0.15) is 63.9 Å². The summed E-state index contributed by atoms with van der Waals surface area (Å²) in [6, 6.07) is 8.84. The van der Waals surface area contributed by atoms with Crippen LogP contribution in [0.4, 0.5) is 0 Å². The molecule has 1 saturated heterocycles. The van der Waals surface area contributed by atoms with Gasteiger partial charge in [-0.2, -0.15) is 5.26 Å². The van der Waals surface area contributed by atoms with Crippen LogP contribution >= 0.6 is 0 Å². The summed E-state index contributed by atoms with van der Waals surface area (Å²) in [5, 5.41) is 11.8. The van der Waals surface area contributed by atoms with Crippen LogP contribution in [0, 0.1) is 16.7 Å². The second kappa shape index (κ2) is 10.6. The Labute approximate surface area is 173 Å². The molecular weight excluding hydrogens is 368 g/mol. The van der Waals surface area contributed by atoms with Gasteiger partial charge in [0.2, 0.25) is 0 Å². The van der Waals surface area contributed by atoms with E-state index in [9.17, 15) is 4.79 Å². The maximum absolute atomic E-state index is 12.4. The number of hydrogen-bond donors (Lipinski definition) is 1. The Morgan fingerprint density at radius 3 is 2.48 bits per heavy atom. The van der Waals surface area contributed by atoms with E-state index in [-0.39, 0.29) is 17.6 Å². The molecular formula is C23H32N2O4. The van der Waals surface area contributed by atoms with Gasteiger partial charge >= 0.3 is 0 Å². The van der Waals surface area contributed by atoms with Crippen LogP contribution in [0.2, 0.25) is 0 Å². The predicted octanol–water partition coefficient (Wildman–Crippen LogP) is 3.94. The minimum absolute atomic E-state index is 0.0856. The van der Waals surface area contributed by atoms with E-state index >= 15 is 0 Å². The SMILES string of the molecule is C[C@H](Oc1ccc(C#N)cc1)C(=O)NCCCC1(C2OCCO2)CCCCCC1. The second-order valence-corrected chi connectivity index (χ2v) is 8.14. The topological polar surface area (TPSA) is 80.6 Å². The Morgan fingerprint density at radius 1 is 1.21 bits per heavy atom. The van der Waals surface area contributed by atoms with E-state index in [2.05, 4.69) is 11.4 Å². The molecule has 2 fully saturated rings. The molecule has 1 saturated carbocycles. The van der Waals surface area contributed by atoms with E-state index in [1.54, 1.807) is 31.2 Å². The highest BCUT2D eigenvalue weighted by Gasteiger charge is 2.42. The third-order valence-electron chi connectivity index (χ3n) is 6.04. The molecule has 1 aliphatic carbocycles. The van der Waals surface area contributed by atoms with Crippen molar-refractivity contribution in [2.24, 2.45) is 5.41 Å². The first-order valence-electron chi connectivity index (χ1n) is 10.8. The fourth-order valence-corrected chi connectivity index (χ4v) is 4.41. The zero-order valence-corrected chi connectivity index (χ0v) is 17.3. The smallest absolute Gasteiger partial charge is 0.260 e. The standard InChI is InChI=1S/C23H32N2O4/c1-18(29-20-9-7-19(17-24)8-10-20)21(26)25-14-6-13-23(22-27-15-16-28-22)11-4-2-3-5-12-23/h7-10,18,22H,2-6,11-16H2,1H3,(H,25,26)/t18-/m0/s1. The van der Waals surface area contributed by atoms with Gasteiger partial charge in [0.1, 0.15) is 5.75 Å². The van der Waals surface area contributed by atoms with Crippen molar-refractivity contribution in [2.45, 2.75) is 70.7 Å².